The van der Waals surface area contributed by atoms with Crippen LogP contribution in [0.15, 0.2) is 0 Å². The van der Waals surface area contributed by atoms with Crippen molar-refractivity contribution in [2.75, 3.05) is 33.2 Å². The number of hydrazine groups is 1. The van der Waals surface area contributed by atoms with Gasteiger partial charge in [0.05, 0.1) is 0 Å². The van der Waals surface area contributed by atoms with Crippen molar-refractivity contribution in [2.24, 2.45) is 5.92 Å². The first-order valence-corrected chi connectivity index (χ1v) is 5.99. The zero-order valence-electron chi connectivity index (χ0n) is 9.54. The highest BCUT2D eigenvalue weighted by Gasteiger charge is 2.26. The summed E-state index contributed by atoms with van der Waals surface area (Å²) < 4.78 is 0. The summed E-state index contributed by atoms with van der Waals surface area (Å²) in [5, 5.41) is 7.41. The predicted octanol–water partition coefficient (Wildman–Crippen LogP) is 0.455. The summed E-state index contributed by atoms with van der Waals surface area (Å²) in [6, 6.07) is 0. The van der Waals surface area contributed by atoms with Gasteiger partial charge in [-0.05, 0) is 38.3 Å². The van der Waals surface area contributed by atoms with Gasteiger partial charge in [-0.15, -0.1) is 0 Å². The molecule has 2 fully saturated rings. The number of amides is 1. The number of hydrogen-bond acceptors (Lipinski definition) is 3. The van der Waals surface area contributed by atoms with E-state index in [-0.39, 0.29) is 0 Å². The Morgan fingerprint density at radius 1 is 1.40 bits per heavy atom. The Kier molecular flexibility index (Phi) is 3.59. The highest BCUT2D eigenvalue weighted by molar-refractivity contribution is 5.76. The maximum atomic E-state index is 11.7. The first-order valence-electron chi connectivity index (χ1n) is 5.99. The molecule has 0 radical (unpaired) electrons. The van der Waals surface area contributed by atoms with E-state index in [2.05, 4.69) is 10.3 Å². The van der Waals surface area contributed by atoms with E-state index < -0.39 is 0 Å². The zero-order chi connectivity index (χ0) is 10.7. The van der Waals surface area contributed by atoms with Crippen LogP contribution in [-0.2, 0) is 4.79 Å². The smallest absolute Gasteiger partial charge is 0.236 e. The lowest BCUT2D eigenvalue weighted by molar-refractivity contribution is -0.154. The first kappa shape index (κ1) is 10.9. The van der Waals surface area contributed by atoms with Crippen LogP contribution in [0.4, 0.5) is 0 Å². The molecule has 2 aliphatic rings. The van der Waals surface area contributed by atoms with Gasteiger partial charge in [0.15, 0.2) is 0 Å². The van der Waals surface area contributed by atoms with Gasteiger partial charge in [-0.1, -0.05) is 0 Å². The standard InChI is InChI=1S/C11H21N3O/c1-13-8-2-3-11(15)14(13)9-10-4-6-12-7-5-10/h10,12H,2-9H2,1H3. The number of piperidine rings is 1. The Bertz CT molecular complexity index is 226. The topological polar surface area (TPSA) is 35.6 Å². The van der Waals surface area contributed by atoms with Gasteiger partial charge < -0.3 is 5.32 Å². The van der Waals surface area contributed by atoms with Crippen LogP contribution >= 0.6 is 0 Å². The summed E-state index contributed by atoms with van der Waals surface area (Å²) in [5.74, 6) is 0.998. The molecule has 4 heteroatoms. The lowest BCUT2D eigenvalue weighted by Gasteiger charge is -2.38. The summed E-state index contributed by atoms with van der Waals surface area (Å²) in [5.41, 5.74) is 0. The third-order valence-electron chi connectivity index (χ3n) is 3.46. The summed E-state index contributed by atoms with van der Waals surface area (Å²) in [6.07, 6.45) is 4.16. The Labute approximate surface area is 91.6 Å². The SMILES string of the molecule is CN1CCCC(=O)N1CC1CCNCC1. The summed E-state index contributed by atoms with van der Waals surface area (Å²) in [6.45, 7) is 4.17. The maximum Gasteiger partial charge on any atom is 0.236 e. The van der Waals surface area contributed by atoms with Crippen LogP contribution in [0.3, 0.4) is 0 Å². The molecule has 15 heavy (non-hydrogen) atoms. The van der Waals surface area contributed by atoms with Crippen LogP contribution in [0.5, 0.6) is 0 Å². The predicted molar refractivity (Wildman–Crippen MR) is 59.2 cm³/mol. The molecular weight excluding hydrogens is 190 g/mol. The molecule has 0 saturated carbocycles. The van der Waals surface area contributed by atoms with Crippen LogP contribution in [-0.4, -0.2) is 49.2 Å². The van der Waals surface area contributed by atoms with Crippen LogP contribution in [0.25, 0.3) is 0 Å². The van der Waals surface area contributed by atoms with Gasteiger partial charge in [-0.3, -0.25) is 9.80 Å². The quantitative estimate of drug-likeness (QED) is 0.720. The van der Waals surface area contributed by atoms with E-state index in [4.69, 9.17) is 0 Å². The minimum Gasteiger partial charge on any atom is -0.317 e. The summed E-state index contributed by atoms with van der Waals surface area (Å²) in [4.78, 5) is 11.7. The van der Waals surface area contributed by atoms with Gasteiger partial charge in [0.2, 0.25) is 5.91 Å². The third kappa shape index (κ3) is 2.69. The molecule has 2 heterocycles. The van der Waals surface area contributed by atoms with Crippen molar-refractivity contribution in [3.8, 4) is 0 Å². The van der Waals surface area contributed by atoms with E-state index in [0.29, 0.717) is 11.8 Å². The third-order valence-corrected chi connectivity index (χ3v) is 3.46. The molecule has 86 valence electrons. The van der Waals surface area contributed by atoms with Crippen molar-refractivity contribution in [1.82, 2.24) is 15.3 Å². The lowest BCUT2D eigenvalue weighted by atomic mass is 9.97. The number of nitrogens with zero attached hydrogens (tertiary/aromatic N) is 2. The lowest BCUT2D eigenvalue weighted by Crippen LogP contribution is -2.51. The Hall–Kier alpha value is -0.610. The molecule has 0 aromatic carbocycles. The second-order valence-electron chi connectivity index (χ2n) is 4.65. The molecule has 0 spiro atoms. The van der Waals surface area contributed by atoms with Crippen LogP contribution in [0.2, 0.25) is 0 Å². The van der Waals surface area contributed by atoms with Crippen LogP contribution in [0.1, 0.15) is 25.7 Å². The molecule has 0 aliphatic carbocycles. The van der Waals surface area contributed by atoms with Gasteiger partial charge in [-0.2, -0.15) is 0 Å². The second kappa shape index (κ2) is 4.94. The van der Waals surface area contributed by atoms with E-state index in [1.165, 1.54) is 12.8 Å². The monoisotopic (exact) mass is 211 g/mol. The van der Waals surface area contributed by atoms with Crippen LogP contribution < -0.4 is 5.32 Å². The van der Waals surface area contributed by atoms with Crippen molar-refractivity contribution in [3.05, 3.63) is 0 Å². The fourth-order valence-corrected chi connectivity index (χ4v) is 2.45. The largest absolute Gasteiger partial charge is 0.317 e. The fourth-order valence-electron chi connectivity index (χ4n) is 2.45. The highest BCUT2D eigenvalue weighted by Crippen LogP contribution is 2.17. The number of hydrogen-bond donors (Lipinski definition) is 1. The summed E-state index contributed by atoms with van der Waals surface area (Å²) in [7, 11) is 2.03. The Balaban J connectivity index is 1.87. The molecule has 1 amide bonds. The van der Waals surface area contributed by atoms with Crippen molar-refractivity contribution in [1.29, 1.82) is 0 Å². The molecule has 4 nitrogen and oxygen atoms in total. The molecule has 2 saturated heterocycles. The van der Waals surface area contributed by atoms with Gasteiger partial charge in [0.1, 0.15) is 0 Å². The van der Waals surface area contributed by atoms with Gasteiger partial charge in [0, 0.05) is 26.6 Å². The summed E-state index contributed by atoms with van der Waals surface area (Å²) >= 11 is 0. The fraction of sp³-hybridized carbons (Fsp3) is 0.909. The first-order chi connectivity index (χ1) is 7.27. The van der Waals surface area contributed by atoms with E-state index >= 15 is 0 Å². The van der Waals surface area contributed by atoms with Gasteiger partial charge in [0.25, 0.3) is 0 Å². The maximum absolute atomic E-state index is 11.7. The molecule has 0 unspecified atom stereocenters. The normalized spacial score (nSPS) is 25.9. The van der Waals surface area contributed by atoms with Crippen molar-refractivity contribution in [2.45, 2.75) is 25.7 Å². The van der Waals surface area contributed by atoms with Gasteiger partial charge in [-0.25, -0.2) is 5.01 Å². The molecule has 0 atom stereocenters. The number of nitrogens with one attached hydrogen (secondary N) is 1. The van der Waals surface area contributed by atoms with Crippen LogP contribution in [0, 0.1) is 5.92 Å². The molecule has 1 N–H and O–H groups in total. The van der Waals surface area contributed by atoms with E-state index in [1.54, 1.807) is 0 Å². The molecular formula is C11H21N3O. The van der Waals surface area contributed by atoms with E-state index in [9.17, 15) is 4.79 Å². The molecule has 0 bridgehead atoms. The van der Waals surface area contributed by atoms with Gasteiger partial charge >= 0.3 is 0 Å². The van der Waals surface area contributed by atoms with Crippen molar-refractivity contribution >= 4 is 5.91 Å². The minimum absolute atomic E-state index is 0.308. The van der Waals surface area contributed by atoms with E-state index in [1.807, 2.05) is 12.1 Å². The van der Waals surface area contributed by atoms with Crippen molar-refractivity contribution in [3.63, 3.8) is 0 Å². The molecule has 0 aromatic rings. The molecule has 2 aliphatic heterocycles. The van der Waals surface area contributed by atoms with Crippen molar-refractivity contribution < 1.29 is 4.79 Å². The number of rotatable bonds is 2. The molecule has 2 rings (SSSR count). The zero-order valence-corrected chi connectivity index (χ0v) is 9.54. The van der Waals surface area contributed by atoms with E-state index in [0.717, 1.165) is 39.0 Å². The minimum atomic E-state index is 0.308. The number of carbonyl (C=O) groups is 1. The Morgan fingerprint density at radius 3 is 2.80 bits per heavy atom. The molecule has 0 aromatic heterocycles. The average Bonchev–Trinajstić information content (AvgIpc) is 2.25. The highest BCUT2D eigenvalue weighted by atomic mass is 16.2. The second-order valence-corrected chi connectivity index (χ2v) is 4.65. The number of carbonyl (C=O) groups excluding carboxylic acids is 1. The average molecular weight is 211 g/mol. The Morgan fingerprint density at radius 2 is 2.13 bits per heavy atom.